The van der Waals surface area contributed by atoms with E-state index in [-0.39, 0.29) is 12.3 Å². The molecule has 1 unspecified atom stereocenters. The predicted octanol–water partition coefficient (Wildman–Crippen LogP) is 3.31. The lowest BCUT2D eigenvalue weighted by Crippen LogP contribution is -2.17. The number of aromatic nitrogens is 4. The van der Waals surface area contributed by atoms with Gasteiger partial charge in [0.1, 0.15) is 5.67 Å². The molecule has 0 radical (unpaired) electrons. The molecular formula is C19H19FN6O. The van der Waals surface area contributed by atoms with Crippen molar-refractivity contribution in [3.8, 4) is 11.3 Å². The van der Waals surface area contributed by atoms with Crippen LogP contribution in [0.3, 0.4) is 0 Å². The zero-order valence-electron chi connectivity index (χ0n) is 15.0. The van der Waals surface area contributed by atoms with Gasteiger partial charge in [0.2, 0.25) is 11.9 Å². The van der Waals surface area contributed by atoms with Crippen molar-refractivity contribution >= 4 is 23.2 Å². The molecule has 1 saturated carbocycles. The fraction of sp³-hybridized carbons (Fsp3) is 0.263. The molecule has 1 aromatic carbocycles. The Labute approximate surface area is 155 Å². The van der Waals surface area contributed by atoms with Gasteiger partial charge in [-0.15, -0.1) is 0 Å². The fourth-order valence-electron chi connectivity index (χ4n) is 2.85. The number of amides is 1. The van der Waals surface area contributed by atoms with Crippen molar-refractivity contribution < 1.29 is 9.18 Å². The summed E-state index contributed by atoms with van der Waals surface area (Å²) in [5.41, 5.74) is 1.68. The molecule has 2 aromatic heterocycles. The normalized spacial score (nSPS) is 20.9. The number of nitrogens with zero attached hydrogens (tertiary/aromatic N) is 4. The molecule has 138 valence electrons. The van der Waals surface area contributed by atoms with Gasteiger partial charge in [-0.05, 0) is 31.5 Å². The van der Waals surface area contributed by atoms with Crippen molar-refractivity contribution in [2.75, 3.05) is 10.6 Å². The van der Waals surface area contributed by atoms with Gasteiger partial charge in [-0.2, -0.15) is 5.10 Å². The molecule has 1 aliphatic carbocycles. The highest BCUT2D eigenvalue weighted by Crippen LogP contribution is 2.47. The summed E-state index contributed by atoms with van der Waals surface area (Å²) in [6.07, 6.45) is 5.47. The van der Waals surface area contributed by atoms with Gasteiger partial charge in [0.25, 0.3) is 0 Å². The van der Waals surface area contributed by atoms with Crippen LogP contribution in [0.4, 0.5) is 21.7 Å². The van der Waals surface area contributed by atoms with E-state index >= 15 is 0 Å². The number of carbonyl (C=O) groups excluding carboxylic acids is 1. The first-order valence-electron chi connectivity index (χ1n) is 8.60. The van der Waals surface area contributed by atoms with Crippen LogP contribution in [0.15, 0.2) is 48.9 Å². The third-order valence-corrected chi connectivity index (χ3v) is 4.55. The van der Waals surface area contributed by atoms with E-state index in [2.05, 4.69) is 25.7 Å². The number of halogens is 1. The van der Waals surface area contributed by atoms with Crippen LogP contribution in [0.25, 0.3) is 11.3 Å². The SMILES string of the molecule is Cn1cc(Nc2nccc(-c3ccc(NC(=O)[C@H]4CC4(C)F)cc3)n2)cn1. The molecule has 2 atom stereocenters. The van der Waals surface area contributed by atoms with Gasteiger partial charge in [0.15, 0.2) is 0 Å². The number of benzene rings is 1. The van der Waals surface area contributed by atoms with E-state index in [0.717, 1.165) is 16.9 Å². The molecule has 7 nitrogen and oxygen atoms in total. The molecule has 0 bridgehead atoms. The number of alkyl halides is 1. The van der Waals surface area contributed by atoms with Crippen LogP contribution in [0.5, 0.6) is 0 Å². The summed E-state index contributed by atoms with van der Waals surface area (Å²) in [5.74, 6) is -0.369. The second kappa shape index (κ2) is 6.46. The molecule has 1 amide bonds. The number of aryl methyl sites for hydroxylation is 1. The zero-order chi connectivity index (χ0) is 19.0. The lowest BCUT2D eigenvalue weighted by molar-refractivity contribution is -0.118. The van der Waals surface area contributed by atoms with Gasteiger partial charge in [0.05, 0.1) is 23.5 Å². The Kier molecular flexibility index (Phi) is 4.10. The number of carbonyl (C=O) groups is 1. The Bertz CT molecular complexity index is 982. The van der Waals surface area contributed by atoms with Crippen molar-refractivity contribution in [3.63, 3.8) is 0 Å². The van der Waals surface area contributed by atoms with Gasteiger partial charge in [-0.3, -0.25) is 9.48 Å². The average molecular weight is 366 g/mol. The van der Waals surface area contributed by atoms with Crippen molar-refractivity contribution in [1.29, 1.82) is 0 Å². The minimum atomic E-state index is -1.37. The maximum absolute atomic E-state index is 13.6. The molecule has 27 heavy (non-hydrogen) atoms. The van der Waals surface area contributed by atoms with E-state index in [1.54, 1.807) is 35.3 Å². The van der Waals surface area contributed by atoms with Crippen molar-refractivity contribution in [2.24, 2.45) is 13.0 Å². The Morgan fingerprint density at radius 1 is 1.26 bits per heavy atom. The Morgan fingerprint density at radius 2 is 2.00 bits per heavy atom. The topological polar surface area (TPSA) is 84.7 Å². The summed E-state index contributed by atoms with van der Waals surface area (Å²) in [6.45, 7) is 1.45. The quantitative estimate of drug-likeness (QED) is 0.724. The summed E-state index contributed by atoms with van der Waals surface area (Å²) in [6, 6.07) is 9.07. The third-order valence-electron chi connectivity index (χ3n) is 4.55. The van der Waals surface area contributed by atoms with Crippen molar-refractivity contribution in [1.82, 2.24) is 19.7 Å². The second-order valence-electron chi connectivity index (χ2n) is 6.89. The van der Waals surface area contributed by atoms with E-state index in [9.17, 15) is 9.18 Å². The lowest BCUT2D eigenvalue weighted by atomic mass is 10.1. The van der Waals surface area contributed by atoms with E-state index in [1.165, 1.54) is 6.92 Å². The van der Waals surface area contributed by atoms with Crippen molar-refractivity contribution in [3.05, 3.63) is 48.9 Å². The number of rotatable bonds is 5. The summed E-state index contributed by atoms with van der Waals surface area (Å²) < 4.78 is 15.3. The highest BCUT2D eigenvalue weighted by molar-refractivity contribution is 5.95. The maximum atomic E-state index is 13.6. The Morgan fingerprint density at radius 3 is 2.63 bits per heavy atom. The molecule has 2 N–H and O–H groups in total. The van der Waals surface area contributed by atoms with Gasteiger partial charge >= 0.3 is 0 Å². The number of hydrogen-bond donors (Lipinski definition) is 2. The minimum Gasteiger partial charge on any atom is -0.326 e. The van der Waals surface area contributed by atoms with E-state index in [0.29, 0.717) is 11.6 Å². The molecular weight excluding hydrogens is 347 g/mol. The monoisotopic (exact) mass is 366 g/mol. The van der Waals surface area contributed by atoms with Crippen LogP contribution >= 0.6 is 0 Å². The first kappa shape index (κ1) is 17.1. The number of hydrogen-bond acceptors (Lipinski definition) is 5. The molecule has 2 heterocycles. The molecule has 0 spiro atoms. The predicted molar refractivity (Wildman–Crippen MR) is 100 cm³/mol. The maximum Gasteiger partial charge on any atom is 0.230 e. The average Bonchev–Trinajstić information content (AvgIpc) is 3.10. The van der Waals surface area contributed by atoms with Crippen LogP contribution in [0, 0.1) is 5.92 Å². The highest BCUT2D eigenvalue weighted by atomic mass is 19.1. The largest absolute Gasteiger partial charge is 0.326 e. The van der Waals surface area contributed by atoms with Crippen molar-refractivity contribution in [2.45, 2.75) is 19.0 Å². The fourth-order valence-corrected chi connectivity index (χ4v) is 2.85. The first-order chi connectivity index (χ1) is 12.9. The van der Waals surface area contributed by atoms with E-state index in [1.807, 2.05) is 25.4 Å². The molecule has 4 rings (SSSR count). The van der Waals surface area contributed by atoms with Crippen LogP contribution in [-0.2, 0) is 11.8 Å². The molecule has 8 heteroatoms. The van der Waals surface area contributed by atoms with E-state index < -0.39 is 11.6 Å². The Hall–Kier alpha value is -3.29. The third kappa shape index (κ3) is 3.79. The first-order valence-corrected chi connectivity index (χ1v) is 8.60. The van der Waals surface area contributed by atoms with Gasteiger partial charge in [-0.1, -0.05) is 12.1 Å². The molecule has 3 aromatic rings. The molecule has 1 aliphatic rings. The summed E-state index contributed by atoms with van der Waals surface area (Å²) in [4.78, 5) is 20.7. The molecule has 1 fully saturated rings. The smallest absolute Gasteiger partial charge is 0.230 e. The zero-order valence-corrected chi connectivity index (χ0v) is 15.0. The Balaban J connectivity index is 1.45. The van der Waals surface area contributed by atoms with Crippen LogP contribution < -0.4 is 10.6 Å². The van der Waals surface area contributed by atoms with Crippen LogP contribution in [-0.4, -0.2) is 31.3 Å². The summed E-state index contributed by atoms with van der Waals surface area (Å²) >= 11 is 0. The van der Waals surface area contributed by atoms with Gasteiger partial charge in [0, 0.05) is 30.7 Å². The second-order valence-corrected chi connectivity index (χ2v) is 6.89. The van der Waals surface area contributed by atoms with Crippen LogP contribution in [0.2, 0.25) is 0 Å². The molecule has 0 saturated heterocycles. The van der Waals surface area contributed by atoms with Crippen LogP contribution in [0.1, 0.15) is 13.3 Å². The number of anilines is 3. The minimum absolute atomic E-state index is 0.280. The lowest BCUT2D eigenvalue weighted by Gasteiger charge is -2.08. The van der Waals surface area contributed by atoms with E-state index in [4.69, 9.17) is 0 Å². The summed E-state index contributed by atoms with van der Waals surface area (Å²) in [5, 5.41) is 9.95. The van der Waals surface area contributed by atoms with Gasteiger partial charge < -0.3 is 10.6 Å². The number of nitrogens with one attached hydrogen (secondary N) is 2. The molecule has 0 aliphatic heterocycles. The standard InChI is InChI=1S/C19H19FN6O/c1-19(20)9-15(19)17(27)23-13-5-3-12(4-6-13)16-7-8-21-18(25-16)24-14-10-22-26(2)11-14/h3-8,10-11,15H,9H2,1-2H3,(H,23,27)(H,21,24,25)/t15-,19?/m1/s1. The highest BCUT2D eigenvalue weighted by Gasteiger charge is 2.55. The van der Waals surface area contributed by atoms with Gasteiger partial charge in [-0.25, -0.2) is 14.4 Å². The summed E-state index contributed by atoms with van der Waals surface area (Å²) in [7, 11) is 1.83.